The summed E-state index contributed by atoms with van der Waals surface area (Å²) in [5.74, 6) is 0.303. The lowest BCUT2D eigenvalue weighted by atomic mass is 9.80. The summed E-state index contributed by atoms with van der Waals surface area (Å²) in [7, 11) is 0. The van der Waals surface area contributed by atoms with E-state index in [0.717, 1.165) is 24.9 Å². The molecule has 22 heavy (non-hydrogen) atoms. The van der Waals surface area contributed by atoms with Gasteiger partial charge in [-0.05, 0) is 24.0 Å². The van der Waals surface area contributed by atoms with Crippen LogP contribution in [0.25, 0.3) is 0 Å². The highest BCUT2D eigenvalue weighted by atomic mass is 16.5. The third-order valence-corrected chi connectivity index (χ3v) is 4.93. The first-order valence-electron chi connectivity index (χ1n) is 7.98. The van der Waals surface area contributed by atoms with Crippen LogP contribution in [0.2, 0.25) is 0 Å². The number of amides is 1. The average Bonchev–Trinajstić information content (AvgIpc) is 2.48. The van der Waals surface area contributed by atoms with Gasteiger partial charge in [0.25, 0.3) is 0 Å². The molecule has 1 aliphatic carbocycles. The molecule has 1 aromatic carbocycles. The average molecular weight is 300 g/mol. The predicted molar refractivity (Wildman–Crippen MR) is 80.8 cm³/mol. The minimum Gasteiger partial charge on any atom is -0.377 e. The molecule has 4 rings (SSSR count). The van der Waals surface area contributed by atoms with E-state index in [1.165, 1.54) is 11.1 Å². The van der Waals surface area contributed by atoms with Gasteiger partial charge in [-0.1, -0.05) is 18.2 Å². The molecule has 0 aromatic heterocycles. The Balaban J connectivity index is 1.53. The van der Waals surface area contributed by atoms with Crippen molar-refractivity contribution in [1.29, 1.82) is 0 Å². The third kappa shape index (κ3) is 2.34. The number of ether oxygens (including phenoxy) is 1. The van der Waals surface area contributed by atoms with Crippen LogP contribution in [0.4, 0.5) is 0 Å². The standard InChI is InChI=1S/C17H20N2O3/c20-15-5-4-14-17-11(2-1-3-13(15)17)6-7-19(14)8-16(21)18-12-9-22-10-12/h1-3,12,14H,4-10H2,(H,18,21). The van der Waals surface area contributed by atoms with E-state index in [1.54, 1.807) is 0 Å². The Labute approximate surface area is 129 Å². The number of ketones is 1. The molecule has 5 heteroatoms. The van der Waals surface area contributed by atoms with Crippen molar-refractivity contribution in [2.24, 2.45) is 0 Å². The maximum Gasteiger partial charge on any atom is 0.234 e. The molecule has 0 radical (unpaired) electrons. The van der Waals surface area contributed by atoms with Crippen LogP contribution in [-0.4, -0.2) is 48.9 Å². The zero-order valence-electron chi connectivity index (χ0n) is 12.5. The zero-order valence-corrected chi connectivity index (χ0v) is 12.5. The Hall–Kier alpha value is -1.72. The summed E-state index contributed by atoms with van der Waals surface area (Å²) in [6.45, 7) is 2.53. The molecule has 1 unspecified atom stereocenters. The summed E-state index contributed by atoms with van der Waals surface area (Å²) in [4.78, 5) is 26.5. The van der Waals surface area contributed by atoms with Crippen LogP contribution in [0.3, 0.4) is 0 Å². The fourth-order valence-corrected chi connectivity index (χ4v) is 3.77. The quantitative estimate of drug-likeness (QED) is 0.907. The molecule has 1 fully saturated rings. The lowest BCUT2D eigenvalue weighted by molar-refractivity contribution is -0.127. The van der Waals surface area contributed by atoms with Gasteiger partial charge in [-0.25, -0.2) is 0 Å². The summed E-state index contributed by atoms with van der Waals surface area (Å²) in [6.07, 6.45) is 2.31. The van der Waals surface area contributed by atoms with E-state index in [2.05, 4.69) is 16.3 Å². The van der Waals surface area contributed by atoms with Crippen LogP contribution in [-0.2, 0) is 16.0 Å². The molecule has 3 aliphatic rings. The molecule has 1 amide bonds. The van der Waals surface area contributed by atoms with Crippen LogP contribution in [0.1, 0.15) is 40.4 Å². The third-order valence-electron chi connectivity index (χ3n) is 4.93. The van der Waals surface area contributed by atoms with Crippen LogP contribution in [0.5, 0.6) is 0 Å². The molecule has 2 aliphatic heterocycles. The number of rotatable bonds is 3. The molecule has 1 aromatic rings. The van der Waals surface area contributed by atoms with Crippen molar-refractivity contribution < 1.29 is 14.3 Å². The highest BCUT2D eigenvalue weighted by Gasteiger charge is 2.35. The van der Waals surface area contributed by atoms with Crippen molar-refractivity contribution in [2.75, 3.05) is 26.3 Å². The van der Waals surface area contributed by atoms with Gasteiger partial charge in [0.15, 0.2) is 5.78 Å². The maximum atomic E-state index is 12.2. The van der Waals surface area contributed by atoms with Gasteiger partial charge in [0.2, 0.25) is 5.91 Å². The van der Waals surface area contributed by atoms with E-state index in [4.69, 9.17) is 4.74 Å². The number of hydrogen-bond donors (Lipinski definition) is 1. The SMILES string of the molecule is O=C(CN1CCc2cccc3c2C1CCC3=O)NC1COC1. The lowest BCUT2D eigenvalue weighted by Crippen LogP contribution is -2.52. The molecular formula is C17H20N2O3. The van der Waals surface area contributed by atoms with E-state index in [-0.39, 0.29) is 23.8 Å². The molecule has 116 valence electrons. The maximum absolute atomic E-state index is 12.2. The fraction of sp³-hybridized carbons (Fsp3) is 0.529. The Kier molecular flexibility index (Phi) is 3.47. The van der Waals surface area contributed by atoms with Crippen molar-refractivity contribution in [2.45, 2.75) is 31.3 Å². The Morgan fingerprint density at radius 1 is 1.32 bits per heavy atom. The summed E-state index contributed by atoms with van der Waals surface area (Å²) in [6, 6.07) is 6.41. The second kappa shape index (κ2) is 5.48. The smallest absolute Gasteiger partial charge is 0.234 e. The molecular weight excluding hydrogens is 280 g/mol. The molecule has 0 saturated carbocycles. The minimum atomic E-state index is 0.0612. The number of nitrogens with zero attached hydrogens (tertiary/aromatic N) is 1. The highest BCUT2D eigenvalue weighted by molar-refractivity contribution is 5.99. The second-order valence-corrected chi connectivity index (χ2v) is 6.38. The van der Waals surface area contributed by atoms with Gasteiger partial charge in [0, 0.05) is 24.6 Å². The molecule has 1 saturated heterocycles. The van der Waals surface area contributed by atoms with Gasteiger partial charge >= 0.3 is 0 Å². The highest BCUT2D eigenvalue weighted by Crippen LogP contribution is 2.39. The molecule has 5 nitrogen and oxygen atoms in total. The number of hydrogen-bond acceptors (Lipinski definition) is 4. The summed E-state index contributed by atoms with van der Waals surface area (Å²) < 4.78 is 5.09. The van der Waals surface area contributed by atoms with E-state index >= 15 is 0 Å². The summed E-state index contributed by atoms with van der Waals surface area (Å²) in [5.41, 5.74) is 3.32. The Morgan fingerprint density at radius 2 is 2.18 bits per heavy atom. The van der Waals surface area contributed by atoms with Gasteiger partial charge in [-0.3, -0.25) is 14.5 Å². The molecule has 2 heterocycles. The van der Waals surface area contributed by atoms with Gasteiger partial charge < -0.3 is 10.1 Å². The number of Topliss-reactive ketones (excluding diaryl/α,β-unsaturated/α-hetero) is 1. The predicted octanol–water partition coefficient (Wildman–Crippen LogP) is 1.08. The largest absolute Gasteiger partial charge is 0.377 e. The first kappa shape index (κ1) is 13.9. The van der Waals surface area contributed by atoms with Crippen LogP contribution in [0, 0.1) is 0 Å². The number of carbonyl (C=O) groups excluding carboxylic acids is 2. The number of nitrogens with one attached hydrogen (secondary N) is 1. The number of carbonyl (C=O) groups is 2. The normalized spacial score (nSPS) is 24.5. The van der Waals surface area contributed by atoms with Gasteiger partial charge in [-0.15, -0.1) is 0 Å². The van der Waals surface area contributed by atoms with E-state index in [0.29, 0.717) is 26.2 Å². The van der Waals surface area contributed by atoms with Gasteiger partial charge in [0.05, 0.1) is 25.8 Å². The Morgan fingerprint density at radius 3 is 2.95 bits per heavy atom. The van der Waals surface area contributed by atoms with Crippen molar-refractivity contribution >= 4 is 11.7 Å². The van der Waals surface area contributed by atoms with Crippen LogP contribution in [0.15, 0.2) is 18.2 Å². The van der Waals surface area contributed by atoms with Gasteiger partial charge in [-0.2, -0.15) is 0 Å². The van der Waals surface area contributed by atoms with Gasteiger partial charge in [0.1, 0.15) is 0 Å². The zero-order chi connectivity index (χ0) is 15.1. The first-order valence-corrected chi connectivity index (χ1v) is 7.98. The second-order valence-electron chi connectivity index (χ2n) is 6.38. The number of benzene rings is 1. The van der Waals surface area contributed by atoms with Crippen molar-refractivity contribution in [3.05, 3.63) is 34.9 Å². The van der Waals surface area contributed by atoms with E-state index in [1.807, 2.05) is 12.1 Å². The molecule has 0 spiro atoms. The molecule has 0 bridgehead atoms. The lowest BCUT2D eigenvalue weighted by Gasteiger charge is -2.40. The van der Waals surface area contributed by atoms with Crippen molar-refractivity contribution in [1.82, 2.24) is 10.2 Å². The first-order chi connectivity index (χ1) is 10.7. The summed E-state index contributed by atoms with van der Waals surface area (Å²) in [5, 5.41) is 3.00. The Bertz CT molecular complexity index is 624. The molecule has 1 N–H and O–H groups in total. The summed E-state index contributed by atoms with van der Waals surface area (Å²) >= 11 is 0. The van der Waals surface area contributed by atoms with Crippen molar-refractivity contribution in [3.63, 3.8) is 0 Å². The monoisotopic (exact) mass is 300 g/mol. The molecule has 1 atom stereocenters. The minimum absolute atomic E-state index is 0.0612. The van der Waals surface area contributed by atoms with Crippen molar-refractivity contribution in [3.8, 4) is 0 Å². The topological polar surface area (TPSA) is 58.6 Å². The van der Waals surface area contributed by atoms with E-state index < -0.39 is 0 Å². The van der Waals surface area contributed by atoms with Crippen LogP contribution < -0.4 is 5.32 Å². The van der Waals surface area contributed by atoms with E-state index in [9.17, 15) is 9.59 Å². The fourth-order valence-electron chi connectivity index (χ4n) is 3.77. The van der Waals surface area contributed by atoms with Crippen LogP contribution >= 0.6 is 0 Å².